The maximum atomic E-state index is 12.6. The second-order valence-electron chi connectivity index (χ2n) is 6.11. The van der Waals surface area contributed by atoms with Crippen molar-refractivity contribution in [2.24, 2.45) is 5.73 Å². The van der Waals surface area contributed by atoms with Crippen molar-refractivity contribution in [3.63, 3.8) is 0 Å². The molecular weight excluding hydrogens is 379 g/mol. The number of piperazine rings is 1. The molecule has 1 aliphatic rings. The van der Waals surface area contributed by atoms with Crippen LogP contribution in [0, 0.1) is 0 Å². The molecule has 0 radical (unpaired) electrons. The molecule has 1 saturated heterocycles. The van der Waals surface area contributed by atoms with Crippen LogP contribution in [-0.2, 0) is 11.3 Å². The van der Waals surface area contributed by atoms with E-state index in [4.69, 9.17) is 28.9 Å². The predicted molar refractivity (Wildman–Crippen MR) is 98.4 cm³/mol. The maximum absolute atomic E-state index is 12.6. The molecule has 8 nitrogen and oxygen atoms in total. The number of carbonyl (C=O) groups excluding carboxylic acids is 2. The molecule has 0 spiro atoms. The minimum atomic E-state index is -0.725. The van der Waals surface area contributed by atoms with E-state index in [1.54, 1.807) is 17.0 Å². The maximum Gasteiger partial charge on any atom is 0.288 e. The van der Waals surface area contributed by atoms with E-state index in [0.29, 0.717) is 29.7 Å². The Morgan fingerprint density at radius 2 is 2.08 bits per heavy atom. The van der Waals surface area contributed by atoms with Crippen molar-refractivity contribution in [1.82, 2.24) is 19.7 Å². The Hall–Kier alpha value is -2.32. The third-order valence-corrected chi connectivity index (χ3v) is 4.81. The third kappa shape index (κ3) is 3.91. The van der Waals surface area contributed by atoms with Crippen LogP contribution in [0.1, 0.15) is 17.5 Å². The van der Waals surface area contributed by atoms with Crippen LogP contribution in [0.5, 0.6) is 0 Å². The number of nitrogens with two attached hydrogens (primary N) is 1. The van der Waals surface area contributed by atoms with Crippen LogP contribution in [0.2, 0.25) is 10.0 Å². The normalized spacial score (nSPS) is 17.4. The largest absolute Gasteiger partial charge is 0.366 e. The van der Waals surface area contributed by atoms with Gasteiger partial charge in [-0.2, -0.15) is 0 Å². The van der Waals surface area contributed by atoms with E-state index in [1.165, 1.54) is 11.0 Å². The van der Waals surface area contributed by atoms with Gasteiger partial charge in [0.25, 0.3) is 5.91 Å². The molecule has 1 atom stereocenters. The van der Waals surface area contributed by atoms with Crippen LogP contribution in [-0.4, -0.2) is 57.2 Å². The summed E-state index contributed by atoms with van der Waals surface area (Å²) in [6.45, 7) is 3.79. The van der Waals surface area contributed by atoms with Gasteiger partial charge < -0.3 is 15.5 Å². The highest BCUT2D eigenvalue weighted by Gasteiger charge is 2.28. The molecule has 1 aliphatic heterocycles. The molecule has 2 amide bonds. The molecule has 1 aromatic heterocycles. The zero-order chi connectivity index (χ0) is 18.8. The fourth-order valence-corrected chi connectivity index (χ4v) is 3.39. The molecule has 2 aromatic rings. The monoisotopic (exact) mass is 396 g/mol. The smallest absolute Gasteiger partial charge is 0.288 e. The quantitative estimate of drug-likeness (QED) is 0.842. The Labute approximate surface area is 160 Å². The number of halogens is 2. The highest BCUT2D eigenvalue weighted by Crippen LogP contribution is 2.30. The van der Waals surface area contributed by atoms with Crippen molar-refractivity contribution in [3.8, 4) is 0 Å². The minimum absolute atomic E-state index is 0.00252. The number of rotatable bonds is 4. The van der Waals surface area contributed by atoms with E-state index in [1.807, 2.05) is 13.0 Å². The average Bonchev–Trinajstić information content (AvgIpc) is 3.05. The van der Waals surface area contributed by atoms with Crippen molar-refractivity contribution < 1.29 is 9.59 Å². The van der Waals surface area contributed by atoms with Gasteiger partial charge in [0.15, 0.2) is 0 Å². The molecule has 0 saturated carbocycles. The van der Waals surface area contributed by atoms with Gasteiger partial charge in [-0.15, -0.1) is 5.10 Å². The van der Waals surface area contributed by atoms with Gasteiger partial charge in [-0.1, -0.05) is 23.2 Å². The summed E-state index contributed by atoms with van der Waals surface area (Å²) >= 11 is 12.3. The summed E-state index contributed by atoms with van der Waals surface area (Å²) in [7, 11) is 0. The predicted octanol–water partition coefficient (Wildman–Crippen LogP) is 1.42. The van der Waals surface area contributed by atoms with Crippen LogP contribution in [0.3, 0.4) is 0 Å². The average molecular weight is 397 g/mol. The summed E-state index contributed by atoms with van der Waals surface area (Å²) in [6.07, 6.45) is 1.32. The first-order valence-electron chi connectivity index (χ1n) is 8.04. The Balaban J connectivity index is 1.65. The van der Waals surface area contributed by atoms with Gasteiger partial charge in [0.05, 0.1) is 10.7 Å². The summed E-state index contributed by atoms with van der Waals surface area (Å²) in [4.78, 5) is 31.3. The molecule has 0 bridgehead atoms. The number of aromatic nitrogens is 3. The molecule has 1 unspecified atom stereocenters. The van der Waals surface area contributed by atoms with Gasteiger partial charge >= 0.3 is 0 Å². The number of anilines is 1. The number of amides is 2. The van der Waals surface area contributed by atoms with Gasteiger partial charge in [0.1, 0.15) is 12.9 Å². The molecular formula is C16H18Cl2N6O2. The summed E-state index contributed by atoms with van der Waals surface area (Å²) < 4.78 is 1.31. The molecule has 1 aromatic carbocycles. The number of hydrogen-bond donors (Lipinski definition) is 1. The van der Waals surface area contributed by atoms with E-state index in [2.05, 4.69) is 15.0 Å². The second kappa shape index (κ2) is 7.51. The molecule has 1 fully saturated rings. The van der Waals surface area contributed by atoms with E-state index in [9.17, 15) is 9.59 Å². The van der Waals surface area contributed by atoms with Gasteiger partial charge in [-0.25, -0.2) is 9.67 Å². The Kier molecular flexibility index (Phi) is 5.33. The summed E-state index contributed by atoms with van der Waals surface area (Å²) in [5.74, 6) is -0.932. The highest BCUT2D eigenvalue weighted by atomic mass is 35.5. The summed E-state index contributed by atoms with van der Waals surface area (Å²) in [6, 6.07) is 5.32. The Morgan fingerprint density at radius 1 is 1.31 bits per heavy atom. The highest BCUT2D eigenvalue weighted by molar-refractivity contribution is 6.35. The van der Waals surface area contributed by atoms with Crippen molar-refractivity contribution >= 4 is 40.7 Å². The second-order valence-corrected chi connectivity index (χ2v) is 6.95. The van der Waals surface area contributed by atoms with E-state index < -0.39 is 5.91 Å². The molecule has 138 valence electrons. The number of benzene rings is 1. The van der Waals surface area contributed by atoms with E-state index in [-0.39, 0.29) is 24.3 Å². The van der Waals surface area contributed by atoms with Gasteiger partial charge in [0, 0.05) is 30.7 Å². The topological polar surface area (TPSA) is 97.4 Å². The molecule has 2 heterocycles. The van der Waals surface area contributed by atoms with Crippen molar-refractivity contribution in [3.05, 3.63) is 40.4 Å². The van der Waals surface area contributed by atoms with E-state index in [0.717, 1.165) is 5.69 Å². The Bertz CT molecular complexity index is 840. The zero-order valence-corrected chi connectivity index (χ0v) is 15.6. The lowest BCUT2D eigenvalue weighted by molar-refractivity contribution is -0.134. The molecule has 2 N–H and O–H groups in total. The van der Waals surface area contributed by atoms with Crippen LogP contribution in [0.25, 0.3) is 0 Å². The molecule has 3 rings (SSSR count). The summed E-state index contributed by atoms with van der Waals surface area (Å²) in [5.41, 5.74) is 5.98. The van der Waals surface area contributed by atoms with E-state index >= 15 is 0 Å². The SMILES string of the molecule is CC1CN(c2cc(Cl)ccc2Cl)CCN1C(=O)Cn1cnc(C(N)=O)n1. The van der Waals surface area contributed by atoms with Crippen LogP contribution < -0.4 is 10.6 Å². The molecule has 0 aliphatic carbocycles. The lowest BCUT2D eigenvalue weighted by Gasteiger charge is -2.41. The van der Waals surface area contributed by atoms with Crippen LogP contribution >= 0.6 is 23.2 Å². The lowest BCUT2D eigenvalue weighted by Crippen LogP contribution is -2.54. The number of primary amides is 1. The standard InChI is InChI=1S/C16H18Cl2N6O2/c1-10-7-22(13-6-11(17)2-3-12(13)18)4-5-24(10)14(25)8-23-9-20-16(21-23)15(19)26/h2-3,6,9-10H,4-5,7-8H2,1H3,(H2,19,26). The number of hydrogen-bond acceptors (Lipinski definition) is 5. The zero-order valence-electron chi connectivity index (χ0n) is 14.1. The first-order chi connectivity index (χ1) is 12.3. The van der Waals surface area contributed by atoms with Crippen molar-refractivity contribution in [2.75, 3.05) is 24.5 Å². The molecule has 26 heavy (non-hydrogen) atoms. The molecule has 10 heteroatoms. The Morgan fingerprint density at radius 3 is 2.73 bits per heavy atom. The van der Waals surface area contributed by atoms with Gasteiger partial charge in [0.2, 0.25) is 11.7 Å². The summed E-state index contributed by atoms with van der Waals surface area (Å²) in [5, 5.41) is 5.14. The third-order valence-electron chi connectivity index (χ3n) is 4.25. The lowest BCUT2D eigenvalue weighted by atomic mass is 10.1. The number of nitrogens with zero attached hydrogens (tertiary/aromatic N) is 5. The van der Waals surface area contributed by atoms with Gasteiger partial charge in [-0.05, 0) is 25.1 Å². The van der Waals surface area contributed by atoms with Crippen LogP contribution in [0.4, 0.5) is 5.69 Å². The van der Waals surface area contributed by atoms with Gasteiger partial charge in [-0.3, -0.25) is 9.59 Å². The minimum Gasteiger partial charge on any atom is -0.366 e. The van der Waals surface area contributed by atoms with Crippen molar-refractivity contribution in [1.29, 1.82) is 0 Å². The first kappa shape index (κ1) is 18.5. The first-order valence-corrected chi connectivity index (χ1v) is 8.79. The van der Waals surface area contributed by atoms with Crippen molar-refractivity contribution in [2.45, 2.75) is 19.5 Å². The fourth-order valence-electron chi connectivity index (χ4n) is 2.99. The van der Waals surface area contributed by atoms with Crippen LogP contribution in [0.15, 0.2) is 24.5 Å². The number of carbonyl (C=O) groups is 2. The fraction of sp³-hybridized carbons (Fsp3) is 0.375.